The van der Waals surface area contributed by atoms with Crippen LogP contribution in [0.5, 0.6) is 0 Å². The van der Waals surface area contributed by atoms with Crippen molar-refractivity contribution < 1.29 is 0 Å². The van der Waals surface area contributed by atoms with Crippen LogP contribution in [0.15, 0.2) is 24.4 Å². The normalized spacial score (nSPS) is 11.4. The van der Waals surface area contributed by atoms with E-state index in [-0.39, 0.29) is 0 Å². The zero-order chi connectivity index (χ0) is 11.3. The van der Waals surface area contributed by atoms with Gasteiger partial charge in [0.1, 0.15) is 5.52 Å². The molecule has 2 N–H and O–H groups in total. The number of pyridine rings is 1. The van der Waals surface area contributed by atoms with Crippen molar-refractivity contribution in [3.63, 3.8) is 0 Å². The van der Waals surface area contributed by atoms with Crippen LogP contribution in [0.1, 0.15) is 5.56 Å². The van der Waals surface area contributed by atoms with Crippen molar-refractivity contribution in [1.82, 2.24) is 14.5 Å². The lowest BCUT2D eigenvalue weighted by molar-refractivity contribution is 0.961. The summed E-state index contributed by atoms with van der Waals surface area (Å²) < 4.78 is 1.91. The van der Waals surface area contributed by atoms with E-state index >= 15 is 0 Å². The van der Waals surface area contributed by atoms with Gasteiger partial charge in [-0.1, -0.05) is 0 Å². The number of fused-ring (bicyclic) bond motifs is 3. The molecule has 1 aromatic carbocycles. The maximum absolute atomic E-state index is 5.84. The lowest BCUT2D eigenvalue weighted by atomic mass is 10.1. The highest BCUT2D eigenvalue weighted by molar-refractivity contribution is 6.04. The summed E-state index contributed by atoms with van der Waals surface area (Å²) in [4.78, 5) is 8.74. The molecule has 4 heteroatoms. The highest BCUT2D eigenvalue weighted by Crippen LogP contribution is 2.27. The van der Waals surface area contributed by atoms with Gasteiger partial charge in [-0.2, -0.15) is 0 Å². The molecule has 16 heavy (non-hydrogen) atoms. The van der Waals surface area contributed by atoms with Gasteiger partial charge < -0.3 is 10.3 Å². The first-order valence-electron chi connectivity index (χ1n) is 5.14. The Morgan fingerprint density at radius 3 is 3.00 bits per heavy atom. The minimum absolute atomic E-state index is 0.537. The highest BCUT2D eigenvalue weighted by Gasteiger charge is 2.11. The molecule has 3 aromatic rings. The van der Waals surface area contributed by atoms with Gasteiger partial charge in [-0.3, -0.25) is 4.98 Å². The summed E-state index contributed by atoms with van der Waals surface area (Å²) in [5.41, 5.74) is 9.97. The summed E-state index contributed by atoms with van der Waals surface area (Å²) >= 11 is 0. The van der Waals surface area contributed by atoms with Crippen molar-refractivity contribution in [2.45, 2.75) is 6.92 Å². The fourth-order valence-electron chi connectivity index (χ4n) is 2.16. The Morgan fingerprint density at radius 1 is 1.38 bits per heavy atom. The fraction of sp³-hybridized carbons (Fsp3) is 0.167. The Kier molecular flexibility index (Phi) is 1.68. The van der Waals surface area contributed by atoms with Crippen LogP contribution in [0, 0.1) is 6.92 Å². The smallest absolute Gasteiger partial charge is 0.200 e. The number of rotatable bonds is 0. The van der Waals surface area contributed by atoms with Crippen LogP contribution in [-0.2, 0) is 7.05 Å². The number of anilines is 1. The molecule has 0 radical (unpaired) electrons. The van der Waals surface area contributed by atoms with Crippen LogP contribution in [0.25, 0.3) is 21.9 Å². The lowest BCUT2D eigenvalue weighted by Gasteiger charge is -2.03. The van der Waals surface area contributed by atoms with Gasteiger partial charge in [0.05, 0.1) is 11.0 Å². The molecule has 0 atom stereocenters. The van der Waals surface area contributed by atoms with E-state index in [2.05, 4.69) is 23.0 Å². The number of nitrogens with two attached hydrogens (primary N) is 1. The Hall–Kier alpha value is -2.10. The van der Waals surface area contributed by atoms with Crippen LogP contribution in [0.2, 0.25) is 0 Å². The van der Waals surface area contributed by atoms with Gasteiger partial charge in [-0.05, 0) is 30.7 Å². The average Bonchev–Trinajstić information content (AvgIpc) is 2.57. The predicted octanol–water partition coefficient (Wildman–Crippen LogP) is 2.01. The monoisotopic (exact) mass is 213 g/mol. The third kappa shape index (κ3) is 1.04. The van der Waals surface area contributed by atoms with Gasteiger partial charge in [-0.25, -0.2) is 4.98 Å². The molecule has 4 nitrogen and oxygen atoms in total. The quantitative estimate of drug-likeness (QED) is 0.621. The van der Waals surface area contributed by atoms with Crippen LogP contribution in [0.4, 0.5) is 5.95 Å². The van der Waals surface area contributed by atoms with Gasteiger partial charge in [-0.15, -0.1) is 0 Å². The van der Waals surface area contributed by atoms with Crippen LogP contribution < -0.4 is 5.73 Å². The number of nitrogen functional groups attached to an aromatic ring is 1. The summed E-state index contributed by atoms with van der Waals surface area (Å²) in [6, 6.07) is 6.01. The van der Waals surface area contributed by atoms with Crippen molar-refractivity contribution in [3.05, 3.63) is 30.0 Å². The molecule has 2 heterocycles. The number of aryl methyl sites for hydroxylation is 2. The topological polar surface area (TPSA) is 56.7 Å². The molecule has 2 aromatic heterocycles. The minimum Gasteiger partial charge on any atom is -0.369 e. The number of hydrogen-bond acceptors (Lipinski definition) is 3. The Bertz CT molecular complexity index is 697. The summed E-state index contributed by atoms with van der Waals surface area (Å²) in [6.45, 7) is 2.05. The van der Waals surface area contributed by atoms with Gasteiger partial charge in [0.25, 0.3) is 0 Å². The molecular weight excluding hydrogens is 201 g/mol. The van der Waals surface area contributed by atoms with Gasteiger partial charge in [0, 0.05) is 18.6 Å². The van der Waals surface area contributed by atoms with Crippen molar-refractivity contribution in [3.8, 4) is 0 Å². The third-order valence-corrected chi connectivity index (χ3v) is 2.95. The molecule has 0 aliphatic carbocycles. The molecule has 0 aliphatic heterocycles. The largest absolute Gasteiger partial charge is 0.369 e. The van der Waals surface area contributed by atoms with Crippen molar-refractivity contribution in [2.75, 3.05) is 5.73 Å². The van der Waals surface area contributed by atoms with Gasteiger partial charge in [0.15, 0.2) is 0 Å². The Morgan fingerprint density at radius 2 is 2.19 bits per heavy atom. The SMILES string of the molecule is Cc1cc2ncccc2c2n[13c](N)n(C)c12. The highest BCUT2D eigenvalue weighted by atomic mass is 15.3. The molecule has 0 unspecified atom stereocenters. The number of benzene rings is 1. The molecule has 0 amide bonds. The van der Waals surface area contributed by atoms with E-state index in [1.54, 1.807) is 6.20 Å². The van der Waals surface area contributed by atoms with E-state index < -0.39 is 0 Å². The number of nitrogens with zero attached hydrogens (tertiary/aromatic N) is 3. The second-order valence-electron chi connectivity index (χ2n) is 3.99. The van der Waals surface area contributed by atoms with Crippen molar-refractivity contribution in [1.29, 1.82) is 0 Å². The van der Waals surface area contributed by atoms with E-state index in [4.69, 9.17) is 5.73 Å². The van der Waals surface area contributed by atoms with Crippen molar-refractivity contribution in [2.24, 2.45) is 7.05 Å². The van der Waals surface area contributed by atoms with E-state index in [1.807, 2.05) is 23.7 Å². The maximum Gasteiger partial charge on any atom is 0.200 e. The molecule has 0 saturated heterocycles. The molecule has 0 spiro atoms. The summed E-state index contributed by atoms with van der Waals surface area (Å²) in [6.07, 6.45) is 1.79. The van der Waals surface area contributed by atoms with Gasteiger partial charge in [0.2, 0.25) is 5.95 Å². The van der Waals surface area contributed by atoms with Crippen LogP contribution >= 0.6 is 0 Å². The van der Waals surface area contributed by atoms with Gasteiger partial charge >= 0.3 is 0 Å². The zero-order valence-corrected chi connectivity index (χ0v) is 9.23. The van der Waals surface area contributed by atoms with Crippen molar-refractivity contribution >= 4 is 27.9 Å². The fourth-order valence-corrected chi connectivity index (χ4v) is 2.16. The number of hydrogen-bond donors (Lipinski definition) is 1. The summed E-state index contributed by atoms with van der Waals surface area (Å²) in [5, 5.41) is 1.05. The standard InChI is InChI=1S/C12H12N4/c1-7-6-9-8(4-3-5-14-9)10-11(7)16(2)12(13)15-10/h3-6H,1-2H3,(H2,13,15)/i12+1. The second-order valence-corrected chi connectivity index (χ2v) is 3.99. The van der Waals surface area contributed by atoms with E-state index in [0.29, 0.717) is 5.95 Å². The minimum atomic E-state index is 0.537. The molecule has 0 saturated carbocycles. The van der Waals surface area contributed by atoms with Crippen LogP contribution in [-0.4, -0.2) is 14.5 Å². The Balaban J connectivity index is 2.65. The number of aromatic nitrogens is 3. The molecule has 80 valence electrons. The predicted molar refractivity (Wildman–Crippen MR) is 65.2 cm³/mol. The maximum atomic E-state index is 5.84. The first-order valence-corrected chi connectivity index (χ1v) is 5.14. The zero-order valence-electron chi connectivity index (χ0n) is 9.23. The first kappa shape index (κ1) is 9.15. The van der Waals surface area contributed by atoms with E-state index in [1.165, 1.54) is 0 Å². The van der Waals surface area contributed by atoms with Crippen LogP contribution in [0.3, 0.4) is 0 Å². The van der Waals surface area contributed by atoms with E-state index in [9.17, 15) is 0 Å². The summed E-state index contributed by atoms with van der Waals surface area (Å²) in [5.74, 6) is 0.537. The molecule has 0 aliphatic rings. The molecule has 0 fully saturated rings. The Labute approximate surface area is 92.7 Å². The van der Waals surface area contributed by atoms with E-state index in [0.717, 1.165) is 27.5 Å². The molecule has 0 bridgehead atoms. The first-order chi connectivity index (χ1) is 7.68. The average molecular weight is 213 g/mol. The number of imidazole rings is 1. The third-order valence-electron chi connectivity index (χ3n) is 2.95. The lowest BCUT2D eigenvalue weighted by Crippen LogP contribution is -1.97. The molecular formula is C12H12N4. The molecule has 3 rings (SSSR count). The summed E-state index contributed by atoms with van der Waals surface area (Å²) in [7, 11) is 1.93. The second kappa shape index (κ2) is 2.95.